The third-order valence-electron chi connectivity index (χ3n) is 2.94. The Kier molecular flexibility index (Phi) is 5.42. The number of aryl methyl sites for hydroxylation is 1. The van der Waals surface area contributed by atoms with E-state index in [-0.39, 0.29) is 5.69 Å². The lowest BCUT2D eigenvalue weighted by atomic mass is 10.1. The summed E-state index contributed by atoms with van der Waals surface area (Å²) in [5.41, 5.74) is 3.89. The summed E-state index contributed by atoms with van der Waals surface area (Å²) in [7, 11) is 0. The fraction of sp³-hybridized carbons (Fsp3) is 0.200. The molecule has 1 aromatic carbocycles. The van der Waals surface area contributed by atoms with Crippen molar-refractivity contribution in [2.45, 2.75) is 13.8 Å². The Hall–Kier alpha value is -2.74. The molecular weight excluding hydrogens is 316 g/mol. The molecule has 2 aromatic rings. The molecule has 0 fully saturated rings. The summed E-state index contributed by atoms with van der Waals surface area (Å²) in [6, 6.07) is 8.34. The van der Waals surface area contributed by atoms with Gasteiger partial charge < -0.3 is 9.73 Å². The first kappa shape index (κ1) is 16.6. The lowest BCUT2D eigenvalue weighted by Gasteiger charge is -2.02. The van der Waals surface area contributed by atoms with Gasteiger partial charge >= 0.3 is 0 Å². The molecule has 0 aliphatic heterocycles. The molecule has 0 spiro atoms. The van der Waals surface area contributed by atoms with Gasteiger partial charge in [-0.25, -0.2) is 0 Å². The van der Waals surface area contributed by atoms with Gasteiger partial charge in [-0.3, -0.25) is 15.5 Å². The van der Waals surface area contributed by atoms with E-state index in [1.807, 2.05) is 6.92 Å². The molecule has 0 atom stereocenters. The monoisotopic (exact) mass is 332 g/mol. The molecule has 2 N–H and O–H groups in total. The summed E-state index contributed by atoms with van der Waals surface area (Å²) in [6.07, 6.45) is 1.45. The van der Waals surface area contributed by atoms with E-state index in [9.17, 15) is 10.1 Å². The van der Waals surface area contributed by atoms with Crippen LogP contribution in [-0.2, 0) is 0 Å². The number of rotatable bonds is 5. The summed E-state index contributed by atoms with van der Waals surface area (Å²) in [6.45, 7) is 4.42. The summed E-state index contributed by atoms with van der Waals surface area (Å²) in [5.74, 6) is 0.870. The second kappa shape index (κ2) is 7.50. The lowest BCUT2D eigenvalue weighted by molar-refractivity contribution is -0.384. The van der Waals surface area contributed by atoms with Crippen LogP contribution in [-0.4, -0.2) is 22.8 Å². The molecule has 0 aliphatic rings. The van der Waals surface area contributed by atoms with Gasteiger partial charge in [-0.2, -0.15) is 5.10 Å². The molecular formula is C15H16N4O3S. The van der Waals surface area contributed by atoms with Crippen LogP contribution in [0.2, 0.25) is 0 Å². The Balaban J connectivity index is 2.18. The molecule has 0 saturated heterocycles. The van der Waals surface area contributed by atoms with E-state index < -0.39 is 4.92 Å². The number of benzene rings is 1. The number of thiocarbonyl (C=S) groups is 1. The van der Waals surface area contributed by atoms with Gasteiger partial charge in [0.25, 0.3) is 5.69 Å². The number of hydrogen-bond donors (Lipinski definition) is 2. The molecule has 1 aromatic heterocycles. The molecule has 8 heteroatoms. The first-order valence-electron chi connectivity index (χ1n) is 6.93. The van der Waals surface area contributed by atoms with Crippen molar-refractivity contribution in [1.29, 1.82) is 0 Å². The van der Waals surface area contributed by atoms with E-state index in [2.05, 4.69) is 15.8 Å². The van der Waals surface area contributed by atoms with Crippen molar-refractivity contribution >= 4 is 29.2 Å². The molecule has 1 heterocycles. The third-order valence-corrected chi connectivity index (χ3v) is 3.17. The third kappa shape index (κ3) is 4.36. The van der Waals surface area contributed by atoms with Crippen molar-refractivity contribution < 1.29 is 9.34 Å². The van der Waals surface area contributed by atoms with E-state index in [0.717, 1.165) is 5.56 Å². The van der Waals surface area contributed by atoms with Gasteiger partial charge in [-0.15, -0.1) is 0 Å². The number of furan rings is 1. The molecule has 0 saturated carbocycles. The number of nitro groups is 1. The summed E-state index contributed by atoms with van der Waals surface area (Å²) in [4.78, 5) is 10.7. The largest absolute Gasteiger partial charge is 0.455 e. The van der Waals surface area contributed by atoms with Crippen LogP contribution in [0.1, 0.15) is 18.2 Å². The van der Waals surface area contributed by atoms with E-state index in [4.69, 9.17) is 16.6 Å². The van der Waals surface area contributed by atoms with Crippen molar-refractivity contribution in [3.8, 4) is 11.3 Å². The molecule has 0 radical (unpaired) electrons. The maximum Gasteiger partial charge on any atom is 0.280 e. The van der Waals surface area contributed by atoms with Crippen LogP contribution in [0.3, 0.4) is 0 Å². The van der Waals surface area contributed by atoms with Crippen molar-refractivity contribution in [3.63, 3.8) is 0 Å². The van der Waals surface area contributed by atoms with E-state index in [1.54, 1.807) is 31.2 Å². The highest BCUT2D eigenvalue weighted by molar-refractivity contribution is 7.80. The molecule has 0 unspecified atom stereocenters. The number of nitro benzene ring substituents is 1. The van der Waals surface area contributed by atoms with Crippen LogP contribution in [0.15, 0.2) is 39.9 Å². The van der Waals surface area contributed by atoms with Crippen LogP contribution in [0.5, 0.6) is 0 Å². The van der Waals surface area contributed by atoms with E-state index in [1.165, 1.54) is 12.3 Å². The van der Waals surface area contributed by atoms with Crippen LogP contribution < -0.4 is 10.7 Å². The molecule has 120 valence electrons. The van der Waals surface area contributed by atoms with Crippen LogP contribution in [0.25, 0.3) is 11.3 Å². The minimum atomic E-state index is -0.422. The van der Waals surface area contributed by atoms with Crippen molar-refractivity contribution in [1.82, 2.24) is 10.7 Å². The predicted molar refractivity (Wildman–Crippen MR) is 92.5 cm³/mol. The Morgan fingerprint density at radius 3 is 2.91 bits per heavy atom. The molecule has 0 bridgehead atoms. The fourth-order valence-corrected chi connectivity index (χ4v) is 2.12. The zero-order valence-electron chi connectivity index (χ0n) is 12.7. The SMILES string of the molecule is CCNC(=S)N/N=C\c1ccc(-c2ccc(C)cc2[N+](=O)[O-])o1. The molecule has 23 heavy (non-hydrogen) atoms. The quantitative estimate of drug-likeness (QED) is 0.378. The van der Waals surface area contributed by atoms with E-state index >= 15 is 0 Å². The smallest absolute Gasteiger partial charge is 0.280 e. The Morgan fingerprint density at radius 1 is 1.43 bits per heavy atom. The van der Waals surface area contributed by atoms with Crippen LogP contribution in [0.4, 0.5) is 5.69 Å². The van der Waals surface area contributed by atoms with Crippen molar-refractivity contribution in [2.24, 2.45) is 5.10 Å². The Bertz CT molecular complexity index is 755. The predicted octanol–water partition coefficient (Wildman–Crippen LogP) is 2.98. The number of hydrogen-bond acceptors (Lipinski definition) is 5. The summed E-state index contributed by atoms with van der Waals surface area (Å²) < 4.78 is 5.58. The molecule has 7 nitrogen and oxygen atoms in total. The molecule has 0 aliphatic carbocycles. The fourth-order valence-electron chi connectivity index (χ4n) is 1.92. The second-order valence-corrected chi connectivity index (χ2v) is 5.12. The first-order valence-corrected chi connectivity index (χ1v) is 7.34. The standard InChI is InChI=1S/C15H16N4O3S/c1-3-16-15(23)18-17-9-11-5-7-14(22-11)12-6-4-10(2)8-13(12)19(20)21/h4-9H,3H2,1-2H3,(H2,16,18,23)/b17-9-. The van der Waals surface area contributed by atoms with Gasteiger partial charge in [0.05, 0.1) is 16.7 Å². The van der Waals surface area contributed by atoms with Crippen molar-refractivity contribution in [3.05, 3.63) is 51.8 Å². The number of hydrazone groups is 1. The highest BCUT2D eigenvalue weighted by atomic mass is 32.1. The normalized spacial score (nSPS) is 10.7. The van der Waals surface area contributed by atoms with Crippen LogP contribution >= 0.6 is 12.2 Å². The Morgan fingerprint density at radius 2 is 2.22 bits per heavy atom. The van der Waals surface area contributed by atoms with Gasteiger partial charge in [0.2, 0.25) is 0 Å². The highest BCUT2D eigenvalue weighted by Crippen LogP contribution is 2.31. The van der Waals surface area contributed by atoms with Gasteiger partial charge in [0, 0.05) is 12.6 Å². The second-order valence-electron chi connectivity index (χ2n) is 4.71. The van der Waals surface area contributed by atoms with Crippen LogP contribution in [0, 0.1) is 17.0 Å². The zero-order valence-corrected chi connectivity index (χ0v) is 13.5. The average molecular weight is 332 g/mol. The number of nitrogens with one attached hydrogen (secondary N) is 2. The maximum atomic E-state index is 11.2. The topological polar surface area (TPSA) is 92.7 Å². The Labute approximate surface area is 138 Å². The average Bonchev–Trinajstić information content (AvgIpc) is 2.96. The maximum absolute atomic E-state index is 11.2. The summed E-state index contributed by atoms with van der Waals surface area (Å²) in [5, 5.41) is 18.4. The minimum absolute atomic E-state index is 0.00860. The molecule has 0 amide bonds. The molecule has 2 rings (SSSR count). The first-order chi connectivity index (χ1) is 11.0. The van der Waals surface area contributed by atoms with Gasteiger partial charge in [-0.1, -0.05) is 6.07 Å². The zero-order chi connectivity index (χ0) is 16.8. The summed E-state index contributed by atoms with van der Waals surface area (Å²) >= 11 is 4.97. The van der Waals surface area contributed by atoms with Gasteiger partial charge in [0.15, 0.2) is 5.11 Å². The van der Waals surface area contributed by atoms with Gasteiger partial charge in [0.1, 0.15) is 11.5 Å². The minimum Gasteiger partial charge on any atom is -0.455 e. The number of nitrogens with zero attached hydrogens (tertiary/aromatic N) is 2. The lowest BCUT2D eigenvalue weighted by Crippen LogP contribution is -2.31. The van der Waals surface area contributed by atoms with Crippen molar-refractivity contribution in [2.75, 3.05) is 6.54 Å². The van der Waals surface area contributed by atoms with Gasteiger partial charge in [-0.05, 0) is 49.8 Å². The highest BCUT2D eigenvalue weighted by Gasteiger charge is 2.17. The van der Waals surface area contributed by atoms with E-state index in [0.29, 0.717) is 28.7 Å².